The topological polar surface area (TPSA) is 49.4 Å². The van der Waals surface area contributed by atoms with E-state index < -0.39 is 6.04 Å². The Hall–Kier alpha value is -3.11. The van der Waals surface area contributed by atoms with Crippen molar-refractivity contribution in [3.8, 4) is 0 Å². The number of amides is 2. The van der Waals surface area contributed by atoms with Crippen LogP contribution in [0.2, 0.25) is 5.02 Å². The standard InChI is InChI=1S/C29H33ClN2O2/c1-4-22(3)31-29(34)27(18-23-12-6-5-7-13-23)32(20-25-15-8-9-16-26(25)30)28(33)19-24-14-10-11-21(2)17-24/h5-17,22,27H,4,18-20H2,1-3H3,(H,31,34)/t22-,27-/m0/s1. The second-order valence-corrected chi connectivity index (χ2v) is 9.21. The number of hydrogen-bond acceptors (Lipinski definition) is 2. The molecule has 3 rings (SSSR count). The molecule has 2 amide bonds. The van der Waals surface area contributed by atoms with Crippen molar-refractivity contribution >= 4 is 23.4 Å². The van der Waals surface area contributed by atoms with Crippen LogP contribution in [0.1, 0.15) is 42.5 Å². The first-order valence-electron chi connectivity index (χ1n) is 11.8. The van der Waals surface area contributed by atoms with Crippen molar-refractivity contribution in [1.29, 1.82) is 0 Å². The summed E-state index contributed by atoms with van der Waals surface area (Å²) in [4.78, 5) is 28.9. The maximum atomic E-state index is 13.7. The number of benzene rings is 3. The van der Waals surface area contributed by atoms with Crippen molar-refractivity contribution in [3.63, 3.8) is 0 Å². The van der Waals surface area contributed by atoms with Crippen LogP contribution in [0.3, 0.4) is 0 Å². The fourth-order valence-electron chi connectivity index (χ4n) is 3.90. The third-order valence-corrected chi connectivity index (χ3v) is 6.38. The first-order chi connectivity index (χ1) is 16.4. The van der Waals surface area contributed by atoms with Crippen molar-refractivity contribution in [2.24, 2.45) is 0 Å². The molecule has 2 atom stereocenters. The molecule has 0 heterocycles. The zero-order valence-electron chi connectivity index (χ0n) is 20.1. The van der Waals surface area contributed by atoms with Gasteiger partial charge < -0.3 is 10.2 Å². The molecule has 0 bridgehead atoms. The Kier molecular flexibility index (Phi) is 9.29. The second kappa shape index (κ2) is 12.4. The lowest BCUT2D eigenvalue weighted by molar-refractivity contribution is -0.141. The fourth-order valence-corrected chi connectivity index (χ4v) is 4.10. The van der Waals surface area contributed by atoms with E-state index >= 15 is 0 Å². The number of rotatable bonds is 10. The van der Waals surface area contributed by atoms with Gasteiger partial charge >= 0.3 is 0 Å². The maximum Gasteiger partial charge on any atom is 0.243 e. The molecule has 0 aromatic heterocycles. The number of carbonyl (C=O) groups excluding carboxylic acids is 2. The smallest absolute Gasteiger partial charge is 0.243 e. The minimum Gasteiger partial charge on any atom is -0.352 e. The van der Waals surface area contributed by atoms with E-state index in [1.54, 1.807) is 4.90 Å². The lowest BCUT2D eigenvalue weighted by Gasteiger charge is -2.32. The highest BCUT2D eigenvalue weighted by Gasteiger charge is 2.31. The van der Waals surface area contributed by atoms with Crippen molar-refractivity contribution in [2.45, 2.75) is 58.7 Å². The van der Waals surface area contributed by atoms with Crippen LogP contribution in [-0.2, 0) is 29.0 Å². The van der Waals surface area contributed by atoms with Crippen molar-refractivity contribution in [2.75, 3.05) is 0 Å². The molecule has 0 spiro atoms. The van der Waals surface area contributed by atoms with Crippen LogP contribution in [0.15, 0.2) is 78.9 Å². The summed E-state index contributed by atoms with van der Waals surface area (Å²) in [6, 6.07) is 24.6. The summed E-state index contributed by atoms with van der Waals surface area (Å²) in [6.45, 7) is 6.27. The van der Waals surface area contributed by atoms with Crippen LogP contribution in [0.4, 0.5) is 0 Å². The number of carbonyl (C=O) groups is 2. The Morgan fingerprint density at radius 2 is 1.62 bits per heavy atom. The zero-order valence-corrected chi connectivity index (χ0v) is 20.9. The first-order valence-corrected chi connectivity index (χ1v) is 12.2. The van der Waals surface area contributed by atoms with Crippen molar-refractivity contribution in [1.82, 2.24) is 10.2 Å². The number of hydrogen-bond donors (Lipinski definition) is 1. The molecule has 5 heteroatoms. The highest BCUT2D eigenvalue weighted by Crippen LogP contribution is 2.21. The van der Waals surface area contributed by atoms with Crippen LogP contribution in [0, 0.1) is 6.92 Å². The fraction of sp³-hybridized carbons (Fsp3) is 0.310. The van der Waals surface area contributed by atoms with Crippen LogP contribution in [-0.4, -0.2) is 28.8 Å². The lowest BCUT2D eigenvalue weighted by atomic mass is 10.0. The van der Waals surface area contributed by atoms with Gasteiger partial charge in [0, 0.05) is 24.0 Å². The highest BCUT2D eigenvalue weighted by molar-refractivity contribution is 6.31. The van der Waals surface area contributed by atoms with Crippen LogP contribution >= 0.6 is 11.6 Å². The van der Waals surface area contributed by atoms with Gasteiger partial charge in [-0.25, -0.2) is 0 Å². The molecule has 0 unspecified atom stereocenters. The Morgan fingerprint density at radius 3 is 2.29 bits per heavy atom. The first kappa shape index (κ1) is 25.5. The molecular weight excluding hydrogens is 444 g/mol. The molecule has 3 aromatic rings. The van der Waals surface area contributed by atoms with E-state index in [1.807, 2.05) is 99.6 Å². The Bertz CT molecular complexity index is 1100. The Morgan fingerprint density at radius 1 is 0.941 bits per heavy atom. The molecule has 0 aliphatic carbocycles. The average molecular weight is 477 g/mol. The average Bonchev–Trinajstić information content (AvgIpc) is 2.82. The van der Waals surface area contributed by atoms with Crippen LogP contribution in [0.5, 0.6) is 0 Å². The predicted octanol–water partition coefficient (Wildman–Crippen LogP) is 5.75. The molecule has 0 saturated heterocycles. The summed E-state index contributed by atoms with van der Waals surface area (Å²) in [5, 5.41) is 3.67. The molecule has 178 valence electrons. The van der Waals surface area contributed by atoms with Crippen molar-refractivity contribution < 1.29 is 9.59 Å². The Labute approximate surface area is 207 Å². The highest BCUT2D eigenvalue weighted by atomic mass is 35.5. The summed E-state index contributed by atoms with van der Waals surface area (Å²) in [5.41, 5.74) is 3.84. The monoisotopic (exact) mass is 476 g/mol. The van der Waals surface area contributed by atoms with Gasteiger partial charge in [0.15, 0.2) is 0 Å². The number of nitrogens with one attached hydrogen (secondary N) is 1. The van der Waals surface area contributed by atoms with Crippen LogP contribution in [0.25, 0.3) is 0 Å². The molecule has 34 heavy (non-hydrogen) atoms. The van der Waals surface area contributed by atoms with Gasteiger partial charge in [0.25, 0.3) is 0 Å². The summed E-state index contributed by atoms with van der Waals surface area (Å²) >= 11 is 6.47. The number of nitrogens with zero attached hydrogens (tertiary/aromatic N) is 1. The van der Waals surface area contributed by atoms with Gasteiger partial charge in [-0.05, 0) is 43.0 Å². The van der Waals surface area contributed by atoms with Crippen molar-refractivity contribution in [3.05, 3.63) is 106 Å². The molecule has 4 nitrogen and oxygen atoms in total. The summed E-state index contributed by atoms with van der Waals surface area (Å²) < 4.78 is 0. The largest absolute Gasteiger partial charge is 0.352 e. The van der Waals surface area contributed by atoms with E-state index in [2.05, 4.69) is 5.32 Å². The lowest BCUT2D eigenvalue weighted by Crippen LogP contribution is -2.52. The number of aryl methyl sites for hydroxylation is 1. The van der Waals surface area contributed by atoms with E-state index in [0.717, 1.165) is 28.7 Å². The summed E-state index contributed by atoms with van der Waals surface area (Å²) in [7, 11) is 0. The van der Waals surface area contributed by atoms with Gasteiger partial charge in [0.05, 0.1) is 6.42 Å². The van der Waals surface area contributed by atoms with E-state index in [4.69, 9.17) is 11.6 Å². The van der Waals surface area contributed by atoms with Gasteiger partial charge in [-0.2, -0.15) is 0 Å². The molecule has 1 N–H and O–H groups in total. The molecule has 0 aliphatic rings. The van der Waals surface area contributed by atoms with Gasteiger partial charge in [0.2, 0.25) is 11.8 Å². The van der Waals surface area contributed by atoms with Gasteiger partial charge in [-0.3, -0.25) is 9.59 Å². The van der Waals surface area contributed by atoms with E-state index in [1.165, 1.54) is 0 Å². The SMILES string of the molecule is CC[C@H](C)NC(=O)[C@H](Cc1ccccc1)N(Cc1ccccc1Cl)C(=O)Cc1cccc(C)c1. The minimum absolute atomic E-state index is 0.0137. The molecule has 0 aliphatic heterocycles. The third kappa shape index (κ3) is 7.19. The van der Waals surface area contributed by atoms with E-state index in [0.29, 0.717) is 11.4 Å². The summed E-state index contributed by atoms with van der Waals surface area (Å²) in [6.07, 6.45) is 1.45. The molecule has 0 fully saturated rings. The normalized spacial score (nSPS) is 12.6. The molecule has 3 aromatic carbocycles. The number of halogens is 1. The molecule has 0 saturated carbocycles. The molecule has 0 radical (unpaired) electrons. The van der Waals surface area contributed by atoms with E-state index in [9.17, 15) is 9.59 Å². The second-order valence-electron chi connectivity index (χ2n) is 8.80. The third-order valence-electron chi connectivity index (χ3n) is 6.01. The molecular formula is C29H33ClN2O2. The maximum absolute atomic E-state index is 13.7. The van der Waals surface area contributed by atoms with Crippen LogP contribution < -0.4 is 5.32 Å². The Balaban J connectivity index is 1.98. The van der Waals surface area contributed by atoms with E-state index in [-0.39, 0.29) is 30.8 Å². The van der Waals surface area contributed by atoms with Gasteiger partial charge in [-0.1, -0.05) is 96.9 Å². The zero-order chi connectivity index (χ0) is 24.5. The van der Waals surface area contributed by atoms with Gasteiger partial charge in [0.1, 0.15) is 6.04 Å². The predicted molar refractivity (Wildman–Crippen MR) is 139 cm³/mol. The quantitative estimate of drug-likeness (QED) is 0.405. The summed E-state index contributed by atoms with van der Waals surface area (Å²) in [5.74, 6) is -0.256. The minimum atomic E-state index is -0.662. The van der Waals surface area contributed by atoms with Gasteiger partial charge in [-0.15, -0.1) is 0 Å².